The lowest BCUT2D eigenvalue weighted by molar-refractivity contribution is 0.309. The molecule has 0 spiro atoms. The highest BCUT2D eigenvalue weighted by Gasteiger charge is 2.39. The first-order chi connectivity index (χ1) is 19.3. The van der Waals surface area contributed by atoms with Gasteiger partial charge in [0.05, 0.1) is 23.1 Å². The van der Waals surface area contributed by atoms with Crippen LogP contribution in [0.3, 0.4) is 0 Å². The Kier molecular flexibility index (Phi) is 6.57. The third-order valence-electron chi connectivity index (χ3n) is 8.25. The van der Waals surface area contributed by atoms with Gasteiger partial charge in [-0.05, 0) is 56.4 Å². The first kappa shape index (κ1) is 26.1. The minimum absolute atomic E-state index is 0.230. The highest BCUT2D eigenvalue weighted by atomic mass is 19.1. The lowest BCUT2D eigenvalue weighted by atomic mass is 9.69. The molecule has 5 aromatic rings. The third-order valence-corrected chi connectivity index (χ3v) is 8.25. The number of allylic oxidation sites excluding steroid dienone is 1. The minimum Gasteiger partial charge on any atom is -0.361 e. The summed E-state index contributed by atoms with van der Waals surface area (Å²) in [5.74, 6) is 1.18. The van der Waals surface area contributed by atoms with Crippen molar-refractivity contribution >= 4 is 10.9 Å². The van der Waals surface area contributed by atoms with Crippen molar-refractivity contribution in [2.75, 3.05) is 0 Å². The molecule has 3 heterocycles. The molecular formula is C34H33FN4O. The fraction of sp³-hybridized carbons (Fsp3) is 0.294. The van der Waals surface area contributed by atoms with E-state index in [9.17, 15) is 0 Å². The van der Waals surface area contributed by atoms with Crippen molar-refractivity contribution in [1.82, 2.24) is 20.1 Å². The van der Waals surface area contributed by atoms with E-state index in [1.807, 2.05) is 54.7 Å². The molecule has 6 rings (SSSR count). The summed E-state index contributed by atoms with van der Waals surface area (Å²) in [5, 5.41) is 5.17. The van der Waals surface area contributed by atoms with Gasteiger partial charge in [0.2, 0.25) is 0 Å². The summed E-state index contributed by atoms with van der Waals surface area (Å²) in [7, 11) is 0. The summed E-state index contributed by atoms with van der Waals surface area (Å²) < 4.78 is 21.1. The lowest BCUT2D eigenvalue weighted by Crippen LogP contribution is -2.33. The predicted octanol–water partition coefficient (Wildman–Crippen LogP) is 8.18. The molecule has 0 amide bonds. The number of hydrogen-bond acceptors (Lipinski definition) is 5. The summed E-state index contributed by atoms with van der Waals surface area (Å²) in [6.07, 6.45) is 9.74. The Hall–Kier alpha value is -4.19. The van der Waals surface area contributed by atoms with Gasteiger partial charge in [-0.3, -0.25) is 4.98 Å². The molecule has 0 aliphatic heterocycles. The minimum atomic E-state index is -0.321. The van der Waals surface area contributed by atoms with Crippen molar-refractivity contribution in [3.05, 3.63) is 108 Å². The summed E-state index contributed by atoms with van der Waals surface area (Å²) in [6.45, 7) is 10.5. The van der Waals surface area contributed by atoms with Crippen molar-refractivity contribution in [3.8, 4) is 22.6 Å². The van der Waals surface area contributed by atoms with Crippen LogP contribution in [0.15, 0.2) is 84.2 Å². The van der Waals surface area contributed by atoms with Crippen LogP contribution in [0.4, 0.5) is 4.39 Å². The molecule has 0 saturated heterocycles. The Morgan fingerprint density at radius 1 is 1.05 bits per heavy atom. The average molecular weight is 533 g/mol. The van der Waals surface area contributed by atoms with Crippen LogP contribution in [0.5, 0.6) is 0 Å². The number of rotatable bonds is 7. The maximum Gasteiger partial charge on any atom is 0.160 e. The number of fused-ring (bicyclic) bond motifs is 2. The van der Waals surface area contributed by atoms with Crippen LogP contribution >= 0.6 is 0 Å². The average Bonchev–Trinajstić information content (AvgIpc) is 3.42. The molecule has 0 unspecified atom stereocenters. The molecule has 6 heteroatoms. The topological polar surface area (TPSA) is 64.7 Å². The fourth-order valence-corrected chi connectivity index (χ4v) is 6.27. The molecule has 1 aliphatic rings. The van der Waals surface area contributed by atoms with Gasteiger partial charge in [0.15, 0.2) is 5.82 Å². The molecule has 0 fully saturated rings. The number of hydrogen-bond donors (Lipinski definition) is 0. The largest absolute Gasteiger partial charge is 0.361 e. The van der Waals surface area contributed by atoms with Gasteiger partial charge in [0.1, 0.15) is 11.6 Å². The van der Waals surface area contributed by atoms with E-state index in [1.54, 1.807) is 12.3 Å². The smallest absolute Gasteiger partial charge is 0.160 e. The highest BCUT2D eigenvalue weighted by Crippen LogP contribution is 2.44. The Morgan fingerprint density at radius 3 is 2.67 bits per heavy atom. The monoisotopic (exact) mass is 532 g/mol. The van der Waals surface area contributed by atoms with E-state index in [4.69, 9.17) is 14.5 Å². The lowest BCUT2D eigenvalue weighted by Gasteiger charge is -2.36. The van der Waals surface area contributed by atoms with Gasteiger partial charge in [-0.1, -0.05) is 62.3 Å². The van der Waals surface area contributed by atoms with Crippen molar-refractivity contribution < 1.29 is 8.91 Å². The van der Waals surface area contributed by atoms with Gasteiger partial charge in [-0.25, -0.2) is 14.4 Å². The van der Waals surface area contributed by atoms with Crippen LogP contribution < -0.4 is 0 Å². The van der Waals surface area contributed by atoms with Gasteiger partial charge in [-0.2, -0.15) is 0 Å². The van der Waals surface area contributed by atoms with Crippen LogP contribution in [0.25, 0.3) is 33.5 Å². The third kappa shape index (κ3) is 4.51. The summed E-state index contributed by atoms with van der Waals surface area (Å²) in [4.78, 5) is 14.9. The fourth-order valence-electron chi connectivity index (χ4n) is 6.27. The first-order valence-electron chi connectivity index (χ1n) is 13.9. The number of pyridine rings is 1. The molecule has 0 radical (unpaired) electrons. The maximum absolute atomic E-state index is 15.3. The van der Waals surface area contributed by atoms with Crippen LogP contribution in [-0.2, 0) is 23.7 Å². The predicted molar refractivity (Wildman–Crippen MR) is 156 cm³/mol. The highest BCUT2D eigenvalue weighted by molar-refractivity contribution is 5.92. The van der Waals surface area contributed by atoms with E-state index in [-0.39, 0.29) is 16.6 Å². The second kappa shape index (κ2) is 10.1. The molecule has 40 heavy (non-hydrogen) atoms. The standard InChI is InChI=1S/C34H33FN4O/c1-5-17-33(2,3)31-22(21-37-40-31)20-34(4)18-10-13-26-29(25-12-6-8-14-27(25)35)38-32(39-30(26)34)24-16-19-36-28-15-9-7-11-23(24)28/h5-9,11-12,14-16,19,21H,1,10,13,17-18,20H2,2-4H3/t34-/m0/s1. The van der Waals surface area contributed by atoms with Crippen LogP contribution in [0.2, 0.25) is 0 Å². The quantitative estimate of drug-likeness (QED) is 0.198. The van der Waals surface area contributed by atoms with Crippen molar-refractivity contribution in [1.29, 1.82) is 0 Å². The zero-order valence-electron chi connectivity index (χ0n) is 23.2. The molecule has 2 aromatic carbocycles. The van der Waals surface area contributed by atoms with Crippen molar-refractivity contribution in [2.24, 2.45) is 0 Å². The van der Waals surface area contributed by atoms with Crippen molar-refractivity contribution in [2.45, 2.75) is 63.7 Å². The van der Waals surface area contributed by atoms with Gasteiger partial charge < -0.3 is 4.52 Å². The van der Waals surface area contributed by atoms with Gasteiger partial charge in [-0.15, -0.1) is 6.58 Å². The first-order valence-corrected chi connectivity index (χ1v) is 13.9. The van der Waals surface area contributed by atoms with E-state index >= 15 is 4.39 Å². The number of nitrogens with zero attached hydrogens (tertiary/aromatic N) is 4. The van der Waals surface area contributed by atoms with Gasteiger partial charge >= 0.3 is 0 Å². The van der Waals surface area contributed by atoms with E-state index in [2.05, 4.69) is 37.5 Å². The zero-order chi connectivity index (χ0) is 27.9. The van der Waals surface area contributed by atoms with E-state index in [1.165, 1.54) is 6.07 Å². The molecule has 3 aromatic heterocycles. The van der Waals surface area contributed by atoms with Crippen LogP contribution in [0, 0.1) is 5.82 Å². The second-order valence-corrected chi connectivity index (χ2v) is 11.7. The van der Waals surface area contributed by atoms with Crippen LogP contribution in [-0.4, -0.2) is 20.1 Å². The Bertz CT molecular complexity index is 1720. The molecule has 0 bridgehead atoms. The summed E-state index contributed by atoms with van der Waals surface area (Å²) in [5.41, 5.74) is 5.44. The van der Waals surface area contributed by atoms with E-state index in [0.717, 1.165) is 64.7 Å². The van der Waals surface area contributed by atoms with Gasteiger partial charge in [0.25, 0.3) is 0 Å². The molecule has 0 saturated carbocycles. The Labute approximate surface area is 234 Å². The van der Waals surface area contributed by atoms with Crippen LogP contribution in [0.1, 0.15) is 62.6 Å². The number of para-hydroxylation sites is 1. The molecule has 0 N–H and O–H groups in total. The number of benzene rings is 2. The Balaban J connectivity index is 1.57. The molecule has 5 nitrogen and oxygen atoms in total. The SMILES string of the molecule is C=CCC(C)(C)c1oncc1C[C@]1(C)CCCc2c(-c3ccccc3F)nc(-c3ccnc4ccccc34)nc21. The number of halogens is 1. The second-order valence-electron chi connectivity index (χ2n) is 11.7. The summed E-state index contributed by atoms with van der Waals surface area (Å²) >= 11 is 0. The maximum atomic E-state index is 15.3. The van der Waals surface area contributed by atoms with Crippen molar-refractivity contribution in [3.63, 3.8) is 0 Å². The van der Waals surface area contributed by atoms with Gasteiger partial charge in [0, 0.05) is 44.7 Å². The van der Waals surface area contributed by atoms with E-state index < -0.39 is 0 Å². The Morgan fingerprint density at radius 2 is 1.85 bits per heavy atom. The molecule has 202 valence electrons. The van der Waals surface area contributed by atoms with E-state index in [0.29, 0.717) is 23.5 Å². The normalized spacial score (nSPS) is 17.1. The number of aromatic nitrogens is 4. The molecular weight excluding hydrogens is 499 g/mol. The zero-order valence-corrected chi connectivity index (χ0v) is 23.2. The summed E-state index contributed by atoms with van der Waals surface area (Å²) in [6, 6.07) is 16.8. The molecule has 1 atom stereocenters. The molecule has 1 aliphatic carbocycles.